The van der Waals surface area contributed by atoms with E-state index in [4.69, 9.17) is 4.52 Å². The van der Waals surface area contributed by atoms with Gasteiger partial charge in [0.05, 0.1) is 11.7 Å². The number of amides is 1. The van der Waals surface area contributed by atoms with Crippen molar-refractivity contribution in [1.29, 1.82) is 0 Å². The number of rotatable bonds is 4. The van der Waals surface area contributed by atoms with Gasteiger partial charge >= 0.3 is 0 Å². The minimum Gasteiger partial charge on any atom is -0.335 e. The SMILES string of the molecule is CC(C)n1ncc2ccc(-c3nc(N4CCN(C(=O)c5ncccc5F)CC4)no3)cc21. The molecule has 0 unspecified atom stereocenters. The minimum absolute atomic E-state index is 0.154. The largest absolute Gasteiger partial charge is 0.335 e. The molecule has 4 heterocycles. The topological polar surface area (TPSA) is 93.2 Å². The first-order valence-electron chi connectivity index (χ1n) is 10.5. The van der Waals surface area contributed by atoms with Crippen LogP contribution in [0.15, 0.2) is 47.2 Å². The van der Waals surface area contributed by atoms with Gasteiger partial charge in [-0.25, -0.2) is 9.37 Å². The standard InChI is InChI=1S/C22H22FN7O2/c1-14(2)30-18-12-15(5-6-16(18)13-25-30)20-26-22(27-32-20)29-10-8-28(9-11-29)21(31)19-17(23)4-3-7-24-19/h3-7,12-14H,8-11H2,1-2H3. The van der Waals surface area contributed by atoms with Crippen LogP contribution >= 0.6 is 0 Å². The number of benzene rings is 1. The number of piperazine rings is 1. The second kappa shape index (κ2) is 8.03. The molecule has 0 atom stereocenters. The molecule has 0 bridgehead atoms. The normalized spacial score (nSPS) is 14.5. The van der Waals surface area contributed by atoms with Crippen molar-refractivity contribution in [2.24, 2.45) is 0 Å². The summed E-state index contributed by atoms with van der Waals surface area (Å²) in [6.45, 7) is 6.01. The molecular formula is C22H22FN7O2. The zero-order valence-electron chi connectivity index (χ0n) is 17.8. The van der Waals surface area contributed by atoms with Gasteiger partial charge in [-0.1, -0.05) is 6.07 Å². The summed E-state index contributed by atoms with van der Waals surface area (Å²) in [7, 11) is 0. The fraction of sp³-hybridized carbons (Fsp3) is 0.318. The molecule has 164 valence electrons. The first-order valence-corrected chi connectivity index (χ1v) is 10.5. The Morgan fingerprint density at radius 3 is 2.72 bits per heavy atom. The van der Waals surface area contributed by atoms with Gasteiger partial charge in [-0.05, 0) is 43.3 Å². The van der Waals surface area contributed by atoms with Gasteiger partial charge < -0.3 is 14.3 Å². The first-order chi connectivity index (χ1) is 15.5. The van der Waals surface area contributed by atoms with Gasteiger partial charge in [0.2, 0.25) is 0 Å². The first kappa shape index (κ1) is 20.1. The lowest BCUT2D eigenvalue weighted by atomic mass is 10.1. The summed E-state index contributed by atoms with van der Waals surface area (Å²) in [5.41, 5.74) is 1.67. The molecule has 4 aromatic rings. The molecule has 1 saturated heterocycles. The average molecular weight is 435 g/mol. The van der Waals surface area contributed by atoms with Gasteiger partial charge in [-0.15, -0.1) is 0 Å². The summed E-state index contributed by atoms with van der Waals surface area (Å²) in [5, 5.41) is 9.61. The predicted molar refractivity (Wildman–Crippen MR) is 116 cm³/mol. The number of halogens is 1. The van der Waals surface area contributed by atoms with Crippen molar-refractivity contribution < 1.29 is 13.7 Å². The summed E-state index contributed by atoms with van der Waals surface area (Å²) >= 11 is 0. The van der Waals surface area contributed by atoms with Gasteiger partial charge in [0.25, 0.3) is 17.7 Å². The molecule has 5 rings (SSSR count). The number of aromatic nitrogens is 5. The summed E-state index contributed by atoms with van der Waals surface area (Å²) < 4.78 is 21.4. The zero-order chi connectivity index (χ0) is 22.2. The second-order valence-electron chi connectivity index (χ2n) is 7.97. The van der Waals surface area contributed by atoms with Gasteiger partial charge in [-0.2, -0.15) is 10.1 Å². The van der Waals surface area contributed by atoms with E-state index in [2.05, 4.69) is 34.1 Å². The average Bonchev–Trinajstić information content (AvgIpc) is 3.46. The van der Waals surface area contributed by atoms with E-state index < -0.39 is 11.7 Å². The van der Waals surface area contributed by atoms with E-state index in [0.29, 0.717) is 38.0 Å². The third-order valence-corrected chi connectivity index (χ3v) is 5.56. The smallest absolute Gasteiger partial charge is 0.275 e. The maximum atomic E-state index is 13.9. The molecule has 1 aliphatic heterocycles. The Balaban J connectivity index is 1.30. The van der Waals surface area contributed by atoms with Crippen molar-refractivity contribution in [3.05, 3.63) is 54.2 Å². The van der Waals surface area contributed by atoms with Crippen molar-refractivity contribution in [2.45, 2.75) is 19.9 Å². The van der Waals surface area contributed by atoms with Crippen molar-refractivity contribution >= 4 is 22.8 Å². The number of fused-ring (bicyclic) bond motifs is 1. The van der Waals surface area contributed by atoms with E-state index in [0.717, 1.165) is 16.5 Å². The molecule has 3 aromatic heterocycles. The Kier molecular flexibility index (Phi) is 5.04. The van der Waals surface area contributed by atoms with Crippen LogP contribution in [0.1, 0.15) is 30.4 Å². The Bertz CT molecular complexity index is 1270. The van der Waals surface area contributed by atoms with Crippen molar-refractivity contribution in [3.63, 3.8) is 0 Å². The Morgan fingerprint density at radius 2 is 1.97 bits per heavy atom. The van der Waals surface area contributed by atoms with Gasteiger partial charge in [0, 0.05) is 49.4 Å². The fourth-order valence-corrected chi connectivity index (χ4v) is 3.85. The number of anilines is 1. The van der Waals surface area contributed by atoms with Crippen molar-refractivity contribution in [3.8, 4) is 11.5 Å². The number of carbonyl (C=O) groups excluding carboxylic acids is 1. The zero-order valence-corrected chi connectivity index (χ0v) is 17.8. The molecule has 0 spiro atoms. The molecule has 32 heavy (non-hydrogen) atoms. The number of pyridine rings is 1. The van der Waals surface area contributed by atoms with Crippen LogP contribution in [0.4, 0.5) is 10.3 Å². The van der Waals surface area contributed by atoms with Gasteiger partial charge in [-0.3, -0.25) is 9.48 Å². The van der Waals surface area contributed by atoms with Crippen LogP contribution in [0.25, 0.3) is 22.4 Å². The molecule has 9 nitrogen and oxygen atoms in total. The molecule has 1 amide bonds. The molecule has 0 N–H and O–H groups in total. The highest BCUT2D eigenvalue weighted by molar-refractivity contribution is 5.92. The molecule has 0 radical (unpaired) electrons. The Morgan fingerprint density at radius 1 is 1.16 bits per heavy atom. The molecule has 10 heteroatoms. The van der Waals surface area contributed by atoms with Gasteiger partial charge in [0.1, 0.15) is 0 Å². The highest BCUT2D eigenvalue weighted by atomic mass is 19.1. The predicted octanol–water partition coefficient (Wildman–Crippen LogP) is 3.16. The third kappa shape index (κ3) is 3.57. The maximum Gasteiger partial charge on any atom is 0.275 e. The highest BCUT2D eigenvalue weighted by Crippen LogP contribution is 2.26. The van der Waals surface area contributed by atoms with E-state index in [1.165, 1.54) is 18.3 Å². The summed E-state index contributed by atoms with van der Waals surface area (Å²) in [4.78, 5) is 24.5. The monoisotopic (exact) mass is 435 g/mol. The fourth-order valence-electron chi connectivity index (χ4n) is 3.85. The van der Waals surface area contributed by atoms with E-state index in [-0.39, 0.29) is 11.7 Å². The minimum atomic E-state index is -0.612. The number of hydrogen-bond donors (Lipinski definition) is 0. The van der Waals surface area contributed by atoms with Crippen LogP contribution in [0.3, 0.4) is 0 Å². The third-order valence-electron chi connectivity index (χ3n) is 5.56. The number of hydrogen-bond acceptors (Lipinski definition) is 7. The summed E-state index contributed by atoms with van der Waals surface area (Å²) in [5.74, 6) is -0.133. The van der Waals surface area contributed by atoms with Crippen LogP contribution in [-0.4, -0.2) is 61.9 Å². The van der Waals surface area contributed by atoms with Crippen LogP contribution in [-0.2, 0) is 0 Å². The Hall–Kier alpha value is -3.82. The quantitative estimate of drug-likeness (QED) is 0.486. The number of carbonyl (C=O) groups is 1. The lowest BCUT2D eigenvalue weighted by Gasteiger charge is -2.33. The highest BCUT2D eigenvalue weighted by Gasteiger charge is 2.27. The van der Waals surface area contributed by atoms with Crippen LogP contribution < -0.4 is 4.90 Å². The van der Waals surface area contributed by atoms with Crippen LogP contribution in [0.2, 0.25) is 0 Å². The maximum absolute atomic E-state index is 13.9. The van der Waals surface area contributed by atoms with E-state index in [1.807, 2.05) is 34.0 Å². The van der Waals surface area contributed by atoms with E-state index in [1.54, 1.807) is 4.90 Å². The van der Waals surface area contributed by atoms with Crippen LogP contribution in [0.5, 0.6) is 0 Å². The Labute approximate surface area is 183 Å². The van der Waals surface area contributed by atoms with Crippen molar-refractivity contribution in [2.75, 3.05) is 31.1 Å². The van der Waals surface area contributed by atoms with E-state index >= 15 is 0 Å². The molecular weight excluding hydrogens is 413 g/mol. The van der Waals surface area contributed by atoms with Crippen molar-refractivity contribution in [1.82, 2.24) is 29.8 Å². The lowest BCUT2D eigenvalue weighted by Crippen LogP contribution is -2.49. The second-order valence-corrected chi connectivity index (χ2v) is 7.97. The number of nitrogens with zero attached hydrogens (tertiary/aromatic N) is 7. The lowest BCUT2D eigenvalue weighted by molar-refractivity contribution is 0.0735. The summed E-state index contributed by atoms with van der Waals surface area (Å²) in [6, 6.07) is 8.86. The van der Waals surface area contributed by atoms with Crippen LogP contribution in [0, 0.1) is 5.82 Å². The summed E-state index contributed by atoms with van der Waals surface area (Å²) in [6.07, 6.45) is 3.26. The molecule has 0 aliphatic carbocycles. The molecule has 1 fully saturated rings. The molecule has 0 saturated carbocycles. The van der Waals surface area contributed by atoms with Gasteiger partial charge in [0.15, 0.2) is 11.5 Å². The van der Waals surface area contributed by atoms with E-state index in [9.17, 15) is 9.18 Å². The molecule has 1 aromatic carbocycles. The molecule has 1 aliphatic rings.